The first-order valence-electron chi connectivity index (χ1n) is 13.2. The van der Waals surface area contributed by atoms with Gasteiger partial charge in [-0.2, -0.15) is 0 Å². The number of ether oxygens (including phenoxy) is 4. The van der Waals surface area contributed by atoms with Crippen LogP contribution in [-0.4, -0.2) is 136 Å². The van der Waals surface area contributed by atoms with Crippen molar-refractivity contribution in [3.63, 3.8) is 0 Å². The Morgan fingerprint density at radius 1 is 0.614 bits per heavy atom. The number of hydrogen-bond acceptors (Lipinski definition) is 16. The van der Waals surface area contributed by atoms with Gasteiger partial charge in [0.1, 0.15) is 65.7 Å². The molecule has 0 radical (unpaired) electrons. The Labute approximate surface area is 246 Å². The zero-order valence-corrected chi connectivity index (χ0v) is 22.5. The maximum atomic E-state index is 10.8. The van der Waals surface area contributed by atoms with Crippen LogP contribution in [0.25, 0.3) is 22.3 Å². The Morgan fingerprint density at radius 2 is 1.14 bits per heavy atom. The average molecular weight is 628 g/mol. The lowest BCUT2D eigenvalue weighted by Crippen LogP contribution is -2.60. The van der Waals surface area contributed by atoms with Gasteiger partial charge in [-0.15, -0.1) is 0 Å². The van der Waals surface area contributed by atoms with Crippen LogP contribution in [0.1, 0.15) is 0 Å². The molecule has 2 aromatic carbocycles. The molecule has 0 spiro atoms. The molecule has 3 aromatic rings. The van der Waals surface area contributed by atoms with Gasteiger partial charge in [0.25, 0.3) is 0 Å². The molecule has 2 aliphatic heterocycles. The first-order chi connectivity index (χ1) is 20.8. The van der Waals surface area contributed by atoms with Crippen LogP contribution < -0.4 is 9.47 Å². The van der Waals surface area contributed by atoms with Gasteiger partial charge in [0, 0.05) is 24.3 Å². The van der Waals surface area contributed by atoms with Crippen molar-refractivity contribution in [3.05, 3.63) is 30.3 Å². The van der Waals surface area contributed by atoms with Crippen molar-refractivity contribution in [2.45, 2.75) is 61.4 Å². The smallest absolute Gasteiger partial charge is 0.402 e. The van der Waals surface area contributed by atoms with Gasteiger partial charge in [0.15, 0.2) is 17.2 Å². The molecule has 44 heavy (non-hydrogen) atoms. The third-order valence-electron chi connectivity index (χ3n) is 7.33. The van der Waals surface area contributed by atoms with Gasteiger partial charge in [-0.25, -0.2) is 4.42 Å². The molecule has 12 N–H and O–H groups in total. The molecule has 0 unspecified atom stereocenters. The second kappa shape index (κ2) is 12.3. The summed E-state index contributed by atoms with van der Waals surface area (Å²) in [6.07, 6.45) is -16.4. The van der Waals surface area contributed by atoms with Crippen LogP contribution in [0.15, 0.2) is 34.7 Å². The van der Waals surface area contributed by atoms with Crippen molar-refractivity contribution in [1.29, 1.82) is 0 Å². The highest BCUT2D eigenvalue weighted by Gasteiger charge is 2.47. The van der Waals surface area contributed by atoms with Crippen LogP contribution in [-0.2, 0) is 9.47 Å². The van der Waals surface area contributed by atoms with Gasteiger partial charge in [0.05, 0.1) is 24.8 Å². The van der Waals surface area contributed by atoms with E-state index in [0.717, 1.165) is 18.2 Å². The number of aliphatic hydroxyl groups is 8. The molecule has 17 nitrogen and oxygen atoms in total. The number of hydrogen-bond donors (Lipinski definition) is 12. The number of phenols is 4. The molecule has 0 amide bonds. The Morgan fingerprint density at radius 3 is 1.66 bits per heavy atom. The monoisotopic (exact) mass is 627 g/mol. The summed E-state index contributed by atoms with van der Waals surface area (Å²) in [6.45, 7) is -1.46. The Hall–Kier alpha value is -3.75. The van der Waals surface area contributed by atoms with E-state index in [4.69, 9.17) is 23.4 Å². The fourth-order valence-electron chi connectivity index (χ4n) is 4.85. The largest absolute Gasteiger partial charge is 0.507 e. The maximum absolute atomic E-state index is 10.8. The van der Waals surface area contributed by atoms with E-state index in [1.807, 2.05) is 0 Å². The van der Waals surface area contributed by atoms with Gasteiger partial charge in [-0.3, -0.25) is 0 Å². The molecular weight excluding hydrogens is 596 g/mol. The normalized spacial score (nSPS) is 32.5. The van der Waals surface area contributed by atoms with E-state index in [-0.39, 0.29) is 33.8 Å². The van der Waals surface area contributed by atoms with Crippen molar-refractivity contribution in [1.82, 2.24) is 0 Å². The SMILES string of the molecule is OC[C@H]1O[C@@H](Oc2cc(O)c3cc(O[C@@H]4O[C@H](CO)[C@@H](O)[C@H](O)[C@H]4O)c(-c4cc(O)c(O)c(O)c4)[o+]c3c2)[C@H](O)[C@@H](O)[C@@H]1O. The highest BCUT2D eigenvalue weighted by atomic mass is 16.7. The zero-order chi connectivity index (χ0) is 32.0. The number of fused-ring (bicyclic) bond motifs is 1. The molecule has 3 heterocycles. The summed E-state index contributed by atoms with van der Waals surface area (Å²) in [5.74, 6) is -3.69. The second-order valence-corrected chi connectivity index (χ2v) is 10.3. The fraction of sp³-hybridized carbons (Fsp3) is 0.444. The van der Waals surface area contributed by atoms with E-state index in [2.05, 4.69) is 0 Å². The van der Waals surface area contributed by atoms with E-state index >= 15 is 0 Å². The number of aliphatic hydroxyl groups excluding tert-OH is 8. The summed E-state index contributed by atoms with van der Waals surface area (Å²) in [7, 11) is 0. The number of rotatable bonds is 7. The second-order valence-electron chi connectivity index (χ2n) is 10.3. The minimum absolute atomic E-state index is 0.0540. The van der Waals surface area contributed by atoms with Crippen LogP contribution in [0, 0.1) is 0 Å². The molecule has 5 rings (SSSR count). The fourth-order valence-corrected chi connectivity index (χ4v) is 4.85. The van der Waals surface area contributed by atoms with Crippen LogP contribution in [0.5, 0.6) is 34.5 Å². The van der Waals surface area contributed by atoms with Crippen molar-refractivity contribution in [2.24, 2.45) is 0 Å². The third kappa shape index (κ3) is 5.73. The van der Waals surface area contributed by atoms with Crippen molar-refractivity contribution >= 4 is 11.0 Å². The van der Waals surface area contributed by atoms with Crippen molar-refractivity contribution in [3.8, 4) is 45.8 Å². The van der Waals surface area contributed by atoms with Crippen LogP contribution in [0.2, 0.25) is 0 Å². The van der Waals surface area contributed by atoms with Gasteiger partial charge < -0.3 is 80.2 Å². The zero-order valence-electron chi connectivity index (χ0n) is 22.5. The predicted molar refractivity (Wildman–Crippen MR) is 142 cm³/mol. The van der Waals surface area contributed by atoms with Gasteiger partial charge >= 0.3 is 11.3 Å². The molecule has 1 aromatic heterocycles. The number of aromatic hydroxyl groups is 4. The molecule has 0 bridgehead atoms. The first-order valence-corrected chi connectivity index (χ1v) is 13.2. The van der Waals surface area contributed by atoms with Gasteiger partial charge in [-0.05, 0) is 0 Å². The van der Waals surface area contributed by atoms with Gasteiger partial charge in [-0.1, -0.05) is 0 Å². The lowest BCUT2D eigenvalue weighted by atomic mass is 9.99. The van der Waals surface area contributed by atoms with Crippen molar-refractivity contribution < 1.29 is 84.6 Å². The number of benzene rings is 2. The summed E-state index contributed by atoms with van der Waals surface area (Å²) in [5, 5.41) is 121. The maximum Gasteiger partial charge on any atom is 0.402 e. The molecule has 10 atom stereocenters. The van der Waals surface area contributed by atoms with Crippen molar-refractivity contribution in [2.75, 3.05) is 13.2 Å². The average Bonchev–Trinajstić information content (AvgIpc) is 3.00. The molecule has 0 aliphatic carbocycles. The first kappa shape index (κ1) is 31.7. The van der Waals surface area contributed by atoms with E-state index in [1.165, 1.54) is 12.1 Å². The topological polar surface area (TPSA) is 291 Å². The molecule has 2 aliphatic rings. The minimum Gasteiger partial charge on any atom is -0.507 e. The standard InChI is InChI=1S/C27H30O17/c28-6-16-19(34)21(36)23(38)26(43-16)40-9-3-11(30)10-5-15(42-27-24(39)22(37)20(35)17(7-29)44-27)25(41-14(10)4-9)8-1-12(31)18(33)13(32)2-8/h1-5,16-17,19-24,26-29,34-39H,6-7H2,(H3-,30,31,32,33)/p+1/t16-,17-,19-,20-,21+,22+,23-,24-,26-,27-/m1/s1. The molecule has 240 valence electrons. The van der Waals surface area contributed by atoms with E-state index < -0.39 is 97.6 Å². The lowest BCUT2D eigenvalue weighted by molar-refractivity contribution is -0.277. The molecule has 0 saturated carbocycles. The quantitative estimate of drug-likeness (QED) is 0.0956. The van der Waals surface area contributed by atoms with E-state index in [1.54, 1.807) is 0 Å². The van der Waals surface area contributed by atoms with Gasteiger partial charge in [0.2, 0.25) is 18.3 Å². The van der Waals surface area contributed by atoms with Crippen LogP contribution >= 0.6 is 0 Å². The molecule has 2 fully saturated rings. The Kier molecular flexibility index (Phi) is 8.87. The summed E-state index contributed by atoms with van der Waals surface area (Å²) in [6, 6.07) is 5.41. The summed E-state index contributed by atoms with van der Waals surface area (Å²) < 4.78 is 28.0. The van der Waals surface area contributed by atoms with Crippen LogP contribution in [0.4, 0.5) is 0 Å². The summed E-state index contributed by atoms with van der Waals surface area (Å²) in [4.78, 5) is 0. The number of phenolic OH excluding ortho intramolecular Hbond substituents is 4. The van der Waals surface area contributed by atoms with E-state index in [0.29, 0.717) is 0 Å². The Balaban J connectivity index is 1.57. The Bertz CT molecular complexity index is 1470. The van der Waals surface area contributed by atoms with Crippen LogP contribution in [0.3, 0.4) is 0 Å². The minimum atomic E-state index is -1.85. The highest BCUT2D eigenvalue weighted by Crippen LogP contribution is 2.45. The van der Waals surface area contributed by atoms with E-state index in [9.17, 15) is 61.3 Å². The highest BCUT2D eigenvalue weighted by molar-refractivity contribution is 5.88. The molecule has 2 saturated heterocycles. The molecule has 17 heteroatoms. The summed E-state index contributed by atoms with van der Waals surface area (Å²) >= 11 is 0. The molecular formula is C27H31O17+. The lowest BCUT2D eigenvalue weighted by Gasteiger charge is -2.39. The third-order valence-corrected chi connectivity index (χ3v) is 7.33. The summed E-state index contributed by atoms with van der Waals surface area (Å²) in [5.41, 5.74) is -0.258. The predicted octanol–water partition coefficient (Wildman–Crippen LogP) is -2.44.